The zero-order valence-electron chi connectivity index (χ0n) is 16.3. The second-order valence-electron chi connectivity index (χ2n) is 6.82. The van der Waals surface area contributed by atoms with Crippen LogP contribution in [0.1, 0.15) is 22.0 Å². The van der Waals surface area contributed by atoms with E-state index < -0.39 is 17.7 Å². The number of nitrogens with zero attached hydrogens (tertiary/aromatic N) is 1. The lowest BCUT2D eigenvalue weighted by atomic mass is 9.99. The van der Waals surface area contributed by atoms with E-state index in [2.05, 4.69) is 15.9 Å². The predicted molar refractivity (Wildman–Crippen MR) is 121 cm³/mol. The summed E-state index contributed by atoms with van der Waals surface area (Å²) in [5, 5.41) is 13.0. The van der Waals surface area contributed by atoms with Crippen LogP contribution in [-0.4, -0.2) is 23.9 Å². The normalized spacial score (nSPS) is 18.1. The number of halogens is 1. The minimum Gasteiger partial charge on any atom is -0.507 e. The summed E-state index contributed by atoms with van der Waals surface area (Å²) in [5.41, 5.74) is 1.93. The molecule has 152 valence electrons. The number of para-hydroxylation sites is 2. The maximum atomic E-state index is 13.1. The topological polar surface area (TPSA) is 66.8 Å². The van der Waals surface area contributed by atoms with E-state index in [-0.39, 0.29) is 11.3 Å². The largest absolute Gasteiger partial charge is 0.507 e. The molecule has 3 aromatic rings. The highest BCUT2D eigenvalue weighted by Crippen LogP contribution is 2.46. The molecule has 7 heteroatoms. The Morgan fingerprint density at radius 3 is 2.57 bits per heavy atom. The molecule has 0 radical (unpaired) electrons. The Hall–Kier alpha value is -2.90. The molecule has 0 saturated carbocycles. The molecule has 1 unspecified atom stereocenters. The zero-order chi connectivity index (χ0) is 21.4. The van der Waals surface area contributed by atoms with E-state index in [0.717, 1.165) is 14.9 Å². The van der Waals surface area contributed by atoms with Gasteiger partial charge in [0.1, 0.15) is 17.6 Å². The summed E-state index contributed by atoms with van der Waals surface area (Å²) in [6.45, 7) is 1.89. The standard InChI is InChI=1S/C23H18BrNO4S/c1-13-12-14(9-10-15(13)24)21(26)19-20(18-8-5-11-30-18)25(23(28)22(19)27)16-6-3-4-7-17(16)29-2/h3-12,20,26H,1-2H3/b21-19-. The van der Waals surface area contributed by atoms with Crippen LogP contribution in [0.5, 0.6) is 5.75 Å². The highest BCUT2D eigenvalue weighted by atomic mass is 79.9. The van der Waals surface area contributed by atoms with Crippen molar-refractivity contribution in [3.05, 3.63) is 86.0 Å². The maximum Gasteiger partial charge on any atom is 0.300 e. The van der Waals surface area contributed by atoms with Crippen LogP contribution in [0.15, 0.2) is 70.0 Å². The molecule has 1 fully saturated rings. The predicted octanol–water partition coefficient (Wildman–Crippen LogP) is 5.45. The fraction of sp³-hybridized carbons (Fsp3) is 0.130. The summed E-state index contributed by atoms with van der Waals surface area (Å²) in [6.07, 6.45) is 0. The third-order valence-electron chi connectivity index (χ3n) is 5.03. The van der Waals surface area contributed by atoms with Gasteiger partial charge in [-0.3, -0.25) is 14.5 Å². The Labute approximate surface area is 186 Å². The molecule has 4 rings (SSSR count). The minimum absolute atomic E-state index is 0.0649. The molecular formula is C23H18BrNO4S. The average Bonchev–Trinajstić information content (AvgIpc) is 3.37. The molecule has 1 atom stereocenters. The molecule has 5 nitrogen and oxygen atoms in total. The second kappa shape index (κ2) is 8.08. The van der Waals surface area contributed by atoms with Gasteiger partial charge in [-0.2, -0.15) is 0 Å². The van der Waals surface area contributed by atoms with Gasteiger partial charge in [0.15, 0.2) is 0 Å². The van der Waals surface area contributed by atoms with E-state index in [4.69, 9.17) is 4.74 Å². The van der Waals surface area contributed by atoms with Gasteiger partial charge >= 0.3 is 0 Å². The molecular weight excluding hydrogens is 466 g/mol. The van der Waals surface area contributed by atoms with E-state index in [0.29, 0.717) is 17.0 Å². The molecule has 30 heavy (non-hydrogen) atoms. The Bertz CT molecular complexity index is 1170. The van der Waals surface area contributed by atoms with Crippen molar-refractivity contribution < 1.29 is 19.4 Å². The molecule has 0 aliphatic carbocycles. The quantitative estimate of drug-likeness (QED) is 0.304. The van der Waals surface area contributed by atoms with Gasteiger partial charge in [0.05, 0.1) is 18.4 Å². The van der Waals surface area contributed by atoms with Crippen molar-refractivity contribution in [1.29, 1.82) is 0 Å². The number of amides is 1. The third-order valence-corrected chi connectivity index (χ3v) is 6.85. The smallest absolute Gasteiger partial charge is 0.300 e. The second-order valence-corrected chi connectivity index (χ2v) is 8.65. The van der Waals surface area contributed by atoms with Gasteiger partial charge in [0, 0.05) is 14.9 Å². The summed E-state index contributed by atoms with van der Waals surface area (Å²) in [5.74, 6) is -1.15. The number of ether oxygens (including phenoxy) is 1. The van der Waals surface area contributed by atoms with E-state index in [1.807, 2.05) is 24.4 Å². The summed E-state index contributed by atoms with van der Waals surface area (Å²) in [6, 6.07) is 15.3. The molecule has 1 aliphatic rings. The number of ketones is 1. The van der Waals surface area contributed by atoms with Gasteiger partial charge in [-0.1, -0.05) is 40.2 Å². The van der Waals surface area contributed by atoms with Crippen molar-refractivity contribution >= 4 is 50.4 Å². The lowest BCUT2D eigenvalue weighted by Crippen LogP contribution is -2.29. The highest BCUT2D eigenvalue weighted by molar-refractivity contribution is 9.10. The van der Waals surface area contributed by atoms with Gasteiger partial charge < -0.3 is 9.84 Å². The van der Waals surface area contributed by atoms with Crippen LogP contribution in [0, 0.1) is 6.92 Å². The summed E-state index contributed by atoms with van der Waals surface area (Å²) in [4.78, 5) is 28.4. The summed E-state index contributed by atoms with van der Waals surface area (Å²) >= 11 is 4.86. The van der Waals surface area contributed by atoms with Gasteiger partial charge in [-0.25, -0.2) is 0 Å². The van der Waals surface area contributed by atoms with Crippen LogP contribution in [0.4, 0.5) is 5.69 Å². The van der Waals surface area contributed by atoms with Crippen molar-refractivity contribution in [2.75, 3.05) is 12.0 Å². The van der Waals surface area contributed by atoms with Crippen molar-refractivity contribution in [2.45, 2.75) is 13.0 Å². The number of hydrogen-bond acceptors (Lipinski definition) is 5. The molecule has 2 heterocycles. The van der Waals surface area contributed by atoms with Gasteiger partial charge in [0.25, 0.3) is 11.7 Å². The first-order valence-corrected chi connectivity index (χ1v) is 10.8. The molecule has 0 bridgehead atoms. The number of hydrogen-bond donors (Lipinski definition) is 1. The van der Waals surface area contributed by atoms with Gasteiger partial charge in [0.2, 0.25) is 0 Å². The Morgan fingerprint density at radius 1 is 1.13 bits per heavy atom. The van der Waals surface area contributed by atoms with Crippen LogP contribution in [0.3, 0.4) is 0 Å². The monoisotopic (exact) mass is 483 g/mol. The van der Waals surface area contributed by atoms with E-state index in [9.17, 15) is 14.7 Å². The van der Waals surface area contributed by atoms with Crippen LogP contribution < -0.4 is 9.64 Å². The lowest BCUT2D eigenvalue weighted by Gasteiger charge is -2.25. The molecule has 1 aliphatic heterocycles. The van der Waals surface area contributed by atoms with Crippen molar-refractivity contribution in [1.82, 2.24) is 0 Å². The van der Waals surface area contributed by atoms with E-state index >= 15 is 0 Å². The first-order chi connectivity index (χ1) is 14.4. The number of Topliss-reactive ketones (excluding diaryl/α,β-unsaturated/α-hetero) is 1. The number of aliphatic hydroxyl groups excluding tert-OH is 1. The fourth-order valence-electron chi connectivity index (χ4n) is 3.57. The SMILES string of the molecule is COc1ccccc1N1C(=O)C(=O)/C(=C(\O)c2ccc(Br)c(C)c2)C1c1cccs1. The van der Waals surface area contributed by atoms with Crippen LogP contribution in [0.25, 0.3) is 5.76 Å². The van der Waals surface area contributed by atoms with Gasteiger partial charge in [-0.15, -0.1) is 11.3 Å². The van der Waals surface area contributed by atoms with E-state index in [1.54, 1.807) is 42.5 Å². The Balaban J connectivity index is 1.95. The number of carbonyl (C=O) groups excluding carboxylic acids is 2. The van der Waals surface area contributed by atoms with Crippen molar-refractivity contribution in [2.24, 2.45) is 0 Å². The zero-order valence-corrected chi connectivity index (χ0v) is 18.7. The highest BCUT2D eigenvalue weighted by Gasteiger charge is 2.48. The Kier molecular flexibility index (Phi) is 5.49. The molecule has 1 N–H and O–H groups in total. The number of rotatable bonds is 4. The Morgan fingerprint density at radius 2 is 1.90 bits per heavy atom. The van der Waals surface area contributed by atoms with Crippen molar-refractivity contribution in [3.8, 4) is 5.75 Å². The number of thiophene rings is 1. The molecule has 1 saturated heterocycles. The number of anilines is 1. The number of benzene rings is 2. The minimum atomic E-state index is -0.745. The molecule has 2 aromatic carbocycles. The van der Waals surface area contributed by atoms with Crippen LogP contribution in [0.2, 0.25) is 0 Å². The van der Waals surface area contributed by atoms with Gasteiger partial charge in [-0.05, 0) is 48.2 Å². The fourth-order valence-corrected chi connectivity index (χ4v) is 4.64. The molecule has 1 amide bonds. The number of methoxy groups -OCH3 is 1. The summed E-state index contributed by atoms with van der Waals surface area (Å²) < 4.78 is 6.32. The third kappa shape index (κ3) is 3.34. The number of aryl methyl sites for hydroxylation is 1. The lowest BCUT2D eigenvalue weighted by molar-refractivity contribution is -0.132. The number of aliphatic hydroxyl groups is 1. The number of carbonyl (C=O) groups is 2. The molecule has 1 aromatic heterocycles. The average molecular weight is 484 g/mol. The van der Waals surface area contributed by atoms with Crippen LogP contribution in [-0.2, 0) is 9.59 Å². The maximum absolute atomic E-state index is 13.1. The van der Waals surface area contributed by atoms with Crippen LogP contribution >= 0.6 is 27.3 Å². The van der Waals surface area contributed by atoms with E-state index in [1.165, 1.54) is 23.3 Å². The summed E-state index contributed by atoms with van der Waals surface area (Å²) in [7, 11) is 1.51. The molecule has 0 spiro atoms. The van der Waals surface area contributed by atoms with Crippen molar-refractivity contribution in [3.63, 3.8) is 0 Å². The first kappa shape index (κ1) is 20.4. The first-order valence-electron chi connectivity index (χ1n) is 9.18.